The summed E-state index contributed by atoms with van der Waals surface area (Å²) in [7, 11) is 0. The molecule has 2 amide bonds. The number of amides is 2. The van der Waals surface area contributed by atoms with Gasteiger partial charge in [-0.3, -0.25) is 9.59 Å². The van der Waals surface area contributed by atoms with Crippen LogP contribution >= 0.6 is 11.6 Å². The molecule has 0 unspecified atom stereocenters. The highest BCUT2D eigenvalue weighted by Crippen LogP contribution is 2.37. The summed E-state index contributed by atoms with van der Waals surface area (Å²) in [5, 5.41) is 4.04. The fraction of sp³-hybridized carbons (Fsp3) is 0.222. The van der Waals surface area contributed by atoms with Crippen molar-refractivity contribution in [1.82, 2.24) is 0 Å². The number of hydrogen-bond acceptors (Lipinski definition) is 2. The fourth-order valence-corrected chi connectivity index (χ4v) is 2.83. The van der Waals surface area contributed by atoms with E-state index in [1.807, 2.05) is 0 Å². The average Bonchev–Trinajstić information content (AvgIpc) is 2.55. The van der Waals surface area contributed by atoms with Crippen LogP contribution in [0.25, 0.3) is 0 Å². The molecular weight excluding hydrogens is 426 g/mol. The number of carbonyl (C=O) groups is 2. The Labute approximate surface area is 165 Å². The molecule has 0 aromatic heterocycles. The van der Waals surface area contributed by atoms with Crippen LogP contribution in [-0.2, 0) is 21.9 Å². The van der Waals surface area contributed by atoms with Crippen LogP contribution in [0.2, 0.25) is 5.02 Å². The van der Waals surface area contributed by atoms with E-state index in [4.69, 9.17) is 11.6 Å². The molecule has 0 saturated heterocycles. The van der Waals surface area contributed by atoms with Gasteiger partial charge in [-0.1, -0.05) is 17.7 Å². The maximum absolute atomic E-state index is 12.9. The maximum atomic E-state index is 12.9. The van der Waals surface area contributed by atoms with Gasteiger partial charge in [-0.2, -0.15) is 26.3 Å². The van der Waals surface area contributed by atoms with Crippen molar-refractivity contribution in [1.29, 1.82) is 0 Å². The van der Waals surface area contributed by atoms with Crippen LogP contribution in [0.1, 0.15) is 22.3 Å². The molecule has 0 aliphatic carbocycles. The van der Waals surface area contributed by atoms with Gasteiger partial charge in [0.05, 0.1) is 21.8 Å². The van der Waals surface area contributed by atoms with E-state index >= 15 is 0 Å². The Morgan fingerprint density at radius 1 is 0.793 bits per heavy atom. The van der Waals surface area contributed by atoms with Crippen molar-refractivity contribution < 1.29 is 35.9 Å². The molecule has 4 nitrogen and oxygen atoms in total. The predicted molar refractivity (Wildman–Crippen MR) is 94.6 cm³/mol. The number of rotatable bonds is 2. The largest absolute Gasteiger partial charge is 0.416 e. The number of halogens is 7. The third kappa shape index (κ3) is 5.63. The molecule has 29 heavy (non-hydrogen) atoms. The SMILES string of the molecule is Cc1cc(C)c(NC(=O)C(=O)Nc2cc(C(F)(F)F)cc(C(F)(F)F)c2)c(Cl)c1. The summed E-state index contributed by atoms with van der Waals surface area (Å²) >= 11 is 5.99. The predicted octanol–water partition coefficient (Wildman–Crippen LogP) is 5.57. The minimum absolute atomic E-state index is 0.0921. The molecule has 0 aliphatic rings. The molecule has 0 bridgehead atoms. The number of nitrogens with one attached hydrogen (secondary N) is 2. The Morgan fingerprint density at radius 2 is 1.28 bits per heavy atom. The van der Waals surface area contributed by atoms with Crippen LogP contribution in [0.3, 0.4) is 0 Å². The highest BCUT2D eigenvalue weighted by Gasteiger charge is 2.37. The quantitative estimate of drug-likeness (QED) is 0.475. The van der Waals surface area contributed by atoms with E-state index in [0.717, 1.165) is 5.56 Å². The lowest BCUT2D eigenvalue weighted by atomic mass is 10.1. The lowest BCUT2D eigenvalue weighted by molar-refractivity contribution is -0.143. The van der Waals surface area contributed by atoms with E-state index in [1.165, 1.54) is 6.07 Å². The molecule has 2 aromatic rings. The highest BCUT2D eigenvalue weighted by atomic mass is 35.5. The lowest BCUT2D eigenvalue weighted by Gasteiger charge is -2.15. The molecule has 0 radical (unpaired) electrons. The van der Waals surface area contributed by atoms with Gasteiger partial charge in [0.25, 0.3) is 0 Å². The summed E-state index contributed by atoms with van der Waals surface area (Å²) in [6.45, 7) is 3.33. The zero-order valence-corrected chi connectivity index (χ0v) is 15.6. The number of hydrogen-bond donors (Lipinski definition) is 2. The van der Waals surface area contributed by atoms with Crippen LogP contribution in [0.4, 0.5) is 37.7 Å². The van der Waals surface area contributed by atoms with Gasteiger partial charge in [0.2, 0.25) is 0 Å². The smallest absolute Gasteiger partial charge is 0.318 e. The van der Waals surface area contributed by atoms with Crippen molar-refractivity contribution in [3.63, 3.8) is 0 Å². The van der Waals surface area contributed by atoms with E-state index in [0.29, 0.717) is 17.7 Å². The van der Waals surface area contributed by atoms with Crippen molar-refractivity contribution in [3.05, 3.63) is 57.6 Å². The van der Waals surface area contributed by atoms with E-state index in [2.05, 4.69) is 5.32 Å². The summed E-state index contributed by atoms with van der Waals surface area (Å²) in [4.78, 5) is 24.0. The van der Waals surface area contributed by atoms with E-state index in [1.54, 1.807) is 25.2 Å². The highest BCUT2D eigenvalue weighted by molar-refractivity contribution is 6.45. The monoisotopic (exact) mass is 438 g/mol. The van der Waals surface area contributed by atoms with Crippen molar-refractivity contribution in [3.8, 4) is 0 Å². The minimum atomic E-state index is -5.09. The van der Waals surface area contributed by atoms with Gasteiger partial charge in [0.1, 0.15) is 0 Å². The van der Waals surface area contributed by atoms with Gasteiger partial charge in [-0.15, -0.1) is 0 Å². The second kappa shape index (κ2) is 7.94. The third-order valence-corrected chi connectivity index (χ3v) is 4.02. The Balaban J connectivity index is 2.29. The van der Waals surface area contributed by atoms with Gasteiger partial charge in [0, 0.05) is 5.69 Å². The second-order valence-electron chi connectivity index (χ2n) is 6.14. The zero-order chi connectivity index (χ0) is 22.1. The van der Waals surface area contributed by atoms with Crippen molar-refractivity contribution in [2.75, 3.05) is 10.6 Å². The van der Waals surface area contributed by atoms with Gasteiger partial charge < -0.3 is 10.6 Å². The van der Waals surface area contributed by atoms with Crippen LogP contribution in [-0.4, -0.2) is 11.8 Å². The maximum Gasteiger partial charge on any atom is 0.416 e. The van der Waals surface area contributed by atoms with Crippen molar-refractivity contribution in [2.45, 2.75) is 26.2 Å². The molecule has 2 N–H and O–H groups in total. The van der Waals surface area contributed by atoms with Crippen molar-refractivity contribution >= 4 is 34.8 Å². The first-order valence-electron chi connectivity index (χ1n) is 7.87. The number of anilines is 2. The van der Waals surface area contributed by atoms with E-state index < -0.39 is 41.0 Å². The number of alkyl halides is 6. The van der Waals surface area contributed by atoms with Crippen molar-refractivity contribution in [2.24, 2.45) is 0 Å². The minimum Gasteiger partial charge on any atom is -0.318 e. The molecule has 0 heterocycles. The molecule has 0 spiro atoms. The summed E-state index contributed by atoms with van der Waals surface area (Å²) in [6, 6.07) is 3.66. The fourth-order valence-electron chi connectivity index (χ4n) is 2.46. The molecule has 2 rings (SSSR count). The van der Waals surface area contributed by atoms with Gasteiger partial charge in [-0.25, -0.2) is 0 Å². The molecule has 0 fully saturated rings. The standard InChI is InChI=1S/C18H13ClF6N2O2/c1-8-3-9(2)14(13(19)4-8)27-16(29)15(28)26-12-6-10(17(20,21)22)5-11(7-12)18(23,24)25/h3-7H,1-2H3,(H,26,28)(H,27,29). The Bertz CT molecular complexity index is 915. The van der Waals surface area contributed by atoms with Gasteiger partial charge in [0.15, 0.2) is 0 Å². The van der Waals surface area contributed by atoms with Crippen LogP contribution < -0.4 is 10.6 Å². The Hall–Kier alpha value is -2.75. The summed E-state index contributed by atoms with van der Waals surface area (Å²) in [5.74, 6) is -2.78. The van der Waals surface area contributed by atoms with Crippen LogP contribution in [0, 0.1) is 13.8 Å². The zero-order valence-electron chi connectivity index (χ0n) is 14.8. The first-order valence-corrected chi connectivity index (χ1v) is 8.25. The van der Waals surface area contributed by atoms with Crippen LogP contribution in [0.15, 0.2) is 30.3 Å². The normalized spacial score (nSPS) is 11.9. The summed E-state index contributed by atoms with van der Waals surface area (Å²) < 4.78 is 77.2. The lowest BCUT2D eigenvalue weighted by Crippen LogP contribution is -2.29. The summed E-state index contributed by atoms with van der Waals surface area (Å²) in [5.41, 5.74) is -2.70. The van der Waals surface area contributed by atoms with E-state index in [-0.39, 0.29) is 16.8 Å². The third-order valence-electron chi connectivity index (χ3n) is 3.72. The first kappa shape index (κ1) is 22.5. The van der Waals surface area contributed by atoms with Crippen LogP contribution in [0.5, 0.6) is 0 Å². The molecule has 0 atom stereocenters. The molecule has 0 saturated carbocycles. The average molecular weight is 439 g/mol. The molecule has 0 aliphatic heterocycles. The number of carbonyl (C=O) groups excluding carboxylic acids is 2. The summed E-state index contributed by atoms with van der Waals surface area (Å²) in [6.07, 6.45) is -10.2. The van der Waals surface area contributed by atoms with Gasteiger partial charge in [-0.05, 0) is 49.2 Å². The molecule has 156 valence electrons. The number of benzene rings is 2. The molecular formula is C18H13ClF6N2O2. The first-order chi connectivity index (χ1) is 13.2. The number of aryl methyl sites for hydroxylation is 2. The Morgan fingerprint density at radius 3 is 1.72 bits per heavy atom. The topological polar surface area (TPSA) is 58.2 Å². The van der Waals surface area contributed by atoms with Gasteiger partial charge >= 0.3 is 24.2 Å². The second-order valence-corrected chi connectivity index (χ2v) is 6.55. The Kier molecular flexibility index (Phi) is 6.17. The molecule has 2 aromatic carbocycles. The molecule has 11 heteroatoms. The van der Waals surface area contributed by atoms with E-state index in [9.17, 15) is 35.9 Å².